The maximum Gasteiger partial charge on any atom is 0.190 e. The van der Waals surface area contributed by atoms with E-state index in [0.717, 1.165) is 62.0 Å². The van der Waals surface area contributed by atoms with Gasteiger partial charge >= 0.3 is 0 Å². The molecule has 1 aliphatic heterocycles. The summed E-state index contributed by atoms with van der Waals surface area (Å²) in [6.07, 6.45) is 5.08. The van der Waals surface area contributed by atoms with Crippen LogP contribution < -0.4 is 10.6 Å². The number of thiazole rings is 1. The Morgan fingerprint density at radius 1 is 1.29 bits per heavy atom. The lowest BCUT2D eigenvalue weighted by Gasteiger charge is -2.32. The van der Waals surface area contributed by atoms with Gasteiger partial charge in [0, 0.05) is 49.7 Å². The molecule has 5 nitrogen and oxygen atoms in total. The lowest BCUT2D eigenvalue weighted by Crippen LogP contribution is -2.43. The van der Waals surface area contributed by atoms with Crippen LogP contribution in [0.2, 0.25) is 0 Å². The van der Waals surface area contributed by atoms with E-state index in [2.05, 4.69) is 32.4 Å². The van der Waals surface area contributed by atoms with Crippen molar-refractivity contribution in [1.29, 1.82) is 0 Å². The zero-order valence-corrected chi connectivity index (χ0v) is 17.6. The van der Waals surface area contributed by atoms with E-state index in [1.807, 2.05) is 18.3 Å². The van der Waals surface area contributed by atoms with Gasteiger partial charge < -0.3 is 10.6 Å². The van der Waals surface area contributed by atoms with Crippen LogP contribution in [-0.2, 0) is 13.0 Å². The average molecular weight is 404 g/mol. The monoisotopic (exact) mass is 403 g/mol. The lowest BCUT2D eigenvalue weighted by atomic mass is 9.96. The molecule has 1 aromatic heterocycles. The normalized spacial score (nSPS) is 16.3. The van der Waals surface area contributed by atoms with Crippen molar-refractivity contribution in [3.8, 4) is 0 Å². The first-order chi connectivity index (χ1) is 13.6. The van der Waals surface area contributed by atoms with E-state index in [1.165, 1.54) is 4.88 Å². The molecule has 0 spiro atoms. The van der Waals surface area contributed by atoms with Crippen LogP contribution in [0.5, 0.6) is 0 Å². The van der Waals surface area contributed by atoms with Crippen molar-refractivity contribution < 1.29 is 4.39 Å². The first-order valence-corrected chi connectivity index (χ1v) is 10.8. The van der Waals surface area contributed by atoms with Crippen LogP contribution in [0.3, 0.4) is 0 Å². The third-order valence-electron chi connectivity index (χ3n) is 5.14. The van der Waals surface area contributed by atoms with E-state index in [9.17, 15) is 4.39 Å². The van der Waals surface area contributed by atoms with Crippen molar-refractivity contribution in [1.82, 2.24) is 20.5 Å². The molecule has 1 fully saturated rings. The highest BCUT2D eigenvalue weighted by molar-refractivity contribution is 7.11. The predicted octanol–water partition coefficient (Wildman–Crippen LogP) is 3.21. The quantitative estimate of drug-likeness (QED) is 0.551. The Hall–Kier alpha value is -1.99. The molecule has 28 heavy (non-hydrogen) atoms. The van der Waals surface area contributed by atoms with Gasteiger partial charge in [-0.25, -0.2) is 9.37 Å². The molecule has 1 saturated heterocycles. The highest BCUT2D eigenvalue weighted by Crippen LogP contribution is 2.19. The molecule has 0 amide bonds. The second-order valence-electron chi connectivity index (χ2n) is 7.31. The van der Waals surface area contributed by atoms with Gasteiger partial charge in [-0.1, -0.05) is 18.2 Å². The summed E-state index contributed by atoms with van der Waals surface area (Å²) in [5.74, 6) is 1.37. The Balaban J connectivity index is 1.34. The van der Waals surface area contributed by atoms with E-state index < -0.39 is 0 Å². The molecule has 2 heterocycles. The Morgan fingerprint density at radius 2 is 2.07 bits per heavy atom. The Kier molecular flexibility index (Phi) is 7.80. The van der Waals surface area contributed by atoms with Gasteiger partial charge in [0.15, 0.2) is 5.96 Å². The second kappa shape index (κ2) is 10.5. The summed E-state index contributed by atoms with van der Waals surface area (Å²) in [7, 11) is 1.81. The van der Waals surface area contributed by atoms with Crippen LogP contribution in [0.25, 0.3) is 0 Å². The molecule has 2 N–H and O–H groups in total. The van der Waals surface area contributed by atoms with Crippen LogP contribution >= 0.6 is 11.3 Å². The molecular weight excluding hydrogens is 373 g/mol. The molecule has 0 radical (unpaired) electrons. The number of aliphatic imine (C=N–C) groups is 1. The maximum absolute atomic E-state index is 13.8. The van der Waals surface area contributed by atoms with E-state index in [-0.39, 0.29) is 5.82 Å². The minimum absolute atomic E-state index is 0.103. The van der Waals surface area contributed by atoms with Crippen LogP contribution in [0.15, 0.2) is 35.5 Å². The van der Waals surface area contributed by atoms with Crippen LogP contribution in [0, 0.1) is 18.7 Å². The fourth-order valence-corrected chi connectivity index (χ4v) is 4.27. The zero-order valence-electron chi connectivity index (χ0n) is 16.7. The largest absolute Gasteiger partial charge is 0.356 e. The summed E-state index contributed by atoms with van der Waals surface area (Å²) >= 11 is 1.75. The van der Waals surface area contributed by atoms with Gasteiger partial charge in [-0.2, -0.15) is 0 Å². The number of guanidine groups is 1. The molecule has 0 saturated carbocycles. The first kappa shape index (κ1) is 20.7. The molecule has 152 valence electrons. The summed E-state index contributed by atoms with van der Waals surface area (Å²) in [5, 5.41) is 7.97. The van der Waals surface area contributed by atoms with Crippen molar-refractivity contribution in [2.45, 2.75) is 32.7 Å². The van der Waals surface area contributed by atoms with E-state index in [4.69, 9.17) is 0 Å². The molecule has 7 heteroatoms. The maximum atomic E-state index is 13.8. The first-order valence-electron chi connectivity index (χ1n) is 9.95. The number of aromatic nitrogens is 1. The number of halogens is 1. The fraction of sp³-hybridized carbons (Fsp3) is 0.524. The topological polar surface area (TPSA) is 52.6 Å². The summed E-state index contributed by atoms with van der Waals surface area (Å²) < 4.78 is 13.8. The molecule has 1 aliphatic rings. The second-order valence-corrected chi connectivity index (χ2v) is 8.62. The standard InChI is InChI=1S/C21H30FN5S/c1-16-13-25-20(28-16)7-10-24-21(23-2)26-14-17-8-11-27(12-9-17)15-18-5-3-4-6-19(18)22/h3-6,13,17H,7-12,14-15H2,1-2H3,(H2,23,24,26). The number of nitrogens with zero attached hydrogens (tertiary/aromatic N) is 3. The van der Waals surface area contributed by atoms with Gasteiger partial charge in [0.1, 0.15) is 5.82 Å². The molecule has 2 aromatic rings. The van der Waals surface area contributed by atoms with Crippen molar-refractivity contribution in [2.75, 3.05) is 33.2 Å². The lowest BCUT2D eigenvalue weighted by molar-refractivity contribution is 0.176. The summed E-state index contributed by atoms with van der Waals surface area (Å²) in [4.78, 5) is 12.3. The third kappa shape index (κ3) is 6.27. The smallest absolute Gasteiger partial charge is 0.190 e. The van der Waals surface area contributed by atoms with Crippen LogP contribution in [0.1, 0.15) is 28.3 Å². The van der Waals surface area contributed by atoms with Crippen LogP contribution in [-0.4, -0.2) is 49.1 Å². The Morgan fingerprint density at radius 3 is 2.75 bits per heavy atom. The minimum atomic E-state index is -0.103. The van der Waals surface area contributed by atoms with Gasteiger partial charge in [0.2, 0.25) is 0 Å². The SMILES string of the molecule is CN=C(NCCc1ncc(C)s1)NCC1CCN(Cc2ccccc2F)CC1. The molecule has 0 bridgehead atoms. The number of nitrogens with one attached hydrogen (secondary N) is 2. The third-order valence-corrected chi connectivity index (χ3v) is 6.11. The number of rotatable bonds is 7. The number of hydrogen-bond donors (Lipinski definition) is 2. The fourth-order valence-electron chi connectivity index (χ4n) is 3.48. The molecule has 3 rings (SSSR count). The summed E-state index contributed by atoms with van der Waals surface area (Å²) in [6.45, 7) is 6.55. The van der Waals surface area contributed by atoms with Gasteiger partial charge in [-0.3, -0.25) is 9.89 Å². The van der Waals surface area contributed by atoms with Gasteiger partial charge in [0.05, 0.1) is 5.01 Å². The van der Waals surface area contributed by atoms with Crippen molar-refractivity contribution >= 4 is 17.3 Å². The van der Waals surface area contributed by atoms with Gasteiger partial charge in [0.25, 0.3) is 0 Å². The van der Waals surface area contributed by atoms with Crippen molar-refractivity contribution in [2.24, 2.45) is 10.9 Å². The zero-order chi connectivity index (χ0) is 19.8. The van der Waals surface area contributed by atoms with E-state index in [0.29, 0.717) is 12.5 Å². The van der Waals surface area contributed by atoms with E-state index in [1.54, 1.807) is 30.5 Å². The predicted molar refractivity (Wildman–Crippen MR) is 114 cm³/mol. The van der Waals surface area contributed by atoms with Gasteiger partial charge in [-0.15, -0.1) is 11.3 Å². The number of benzene rings is 1. The molecule has 1 aromatic carbocycles. The van der Waals surface area contributed by atoms with Crippen molar-refractivity contribution in [3.63, 3.8) is 0 Å². The molecule has 0 aliphatic carbocycles. The highest BCUT2D eigenvalue weighted by atomic mass is 32.1. The summed E-state index contributed by atoms with van der Waals surface area (Å²) in [5.41, 5.74) is 0.791. The highest BCUT2D eigenvalue weighted by Gasteiger charge is 2.20. The number of piperidine rings is 1. The number of hydrogen-bond acceptors (Lipinski definition) is 4. The van der Waals surface area contributed by atoms with E-state index >= 15 is 0 Å². The average Bonchev–Trinajstić information content (AvgIpc) is 3.12. The number of aryl methyl sites for hydroxylation is 1. The van der Waals surface area contributed by atoms with Crippen molar-refractivity contribution in [3.05, 3.63) is 51.7 Å². The van der Waals surface area contributed by atoms with Crippen LogP contribution in [0.4, 0.5) is 4.39 Å². The molecule has 0 unspecified atom stereocenters. The minimum Gasteiger partial charge on any atom is -0.356 e. The number of likely N-dealkylation sites (tertiary alicyclic amines) is 1. The summed E-state index contributed by atoms with van der Waals surface area (Å²) in [6, 6.07) is 7.07. The Labute approximate surface area is 171 Å². The Bertz CT molecular complexity index is 768. The molecular formula is C21H30FN5S. The molecule has 0 atom stereocenters. The van der Waals surface area contributed by atoms with Gasteiger partial charge in [-0.05, 0) is 44.8 Å².